The van der Waals surface area contributed by atoms with Crippen molar-refractivity contribution in [2.75, 3.05) is 0 Å². The Morgan fingerprint density at radius 2 is 2.23 bits per heavy atom. The molecule has 13 heavy (non-hydrogen) atoms. The van der Waals surface area contributed by atoms with E-state index in [-0.39, 0.29) is 11.5 Å². The molecule has 0 fully saturated rings. The third kappa shape index (κ3) is 2.72. The molecule has 0 aliphatic rings. The predicted octanol–water partition coefficient (Wildman–Crippen LogP) is 2.86. The van der Waals surface area contributed by atoms with Gasteiger partial charge in [-0.2, -0.15) is 8.57 Å². The molecule has 0 aliphatic heterocycles. The van der Waals surface area contributed by atoms with E-state index in [1.54, 1.807) is 6.07 Å². The number of hydrogen-bond donors (Lipinski definition) is 0. The van der Waals surface area contributed by atoms with Crippen molar-refractivity contribution in [1.29, 1.82) is 0 Å². The third-order valence-corrected chi connectivity index (χ3v) is 2.43. The second kappa shape index (κ2) is 4.64. The van der Waals surface area contributed by atoms with E-state index >= 15 is 0 Å². The normalized spacial score (nSPS) is 9.38. The van der Waals surface area contributed by atoms with E-state index in [1.807, 2.05) is 0 Å². The van der Waals surface area contributed by atoms with Crippen LogP contribution < -0.4 is 0 Å². The van der Waals surface area contributed by atoms with Crippen LogP contribution in [0.1, 0.15) is 10.4 Å². The number of carbonyl (C=O) groups is 1. The molecule has 0 heterocycles. The molecule has 6 heteroatoms. The molecule has 0 unspecified atom stereocenters. The van der Waals surface area contributed by atoms with Crippen molar-refractivity contribution in [3.8, 4) is 0 Å². The van der Waals surface area contributed by atoms with Gasteiger partial charge in [0, 0.05) is 10.0 Å². The van der Waals surface area contributed by atoms with Gasteiger partial charge in [-0.3, -0.25) is 4.79 Å². The van der Waals surface area contributed by atoms with Crippen LogP contribution in [0.3, 0.4) is 0 Å². The topological polar surface area (TPSA) is 46.5 Å². The van der Waals surface area contributed by atoms with Crippen LogP contribution in [-0.2, 0) is 11.5 Å². The molecular weight excluding hydrogens is 278 g/mol. The lowest BCUT2D eigenvalue weighted by molar-refractivity contribution is 0.108. The van der Waals surface area contributed by atoms with Crippen molar-refractivity contribution < 1.29 is 9.00 Å². The Morgan fingerprint density at radius 1 is 1.54 bits per heavy atom. The van der Waals surface area contributed by atoms with E-state index in [0.29, 0.717) is 15.7 Å². The van der Waals surface area contributed by atoms with Crippen LogP contribution in [0, 0.1) is 0 Å². The van der Waals surface area contributed by atoms with Crippen LogP contribution in [0.25, 0.3) is 0 Å². The molecule has 0 N–H and O–H groups in total. The van der Waals surface area contributed by atoms with Crippen LogP contribution in [0.5, 0.6) is 0 Å². The van der Waals surface area contributed by atoms with Gasteiger partial charge in [0.05, 0.1) is 5.69 Å². The number of nitrogens with zero attached hydrogens (tertiary/aromatic N) is 1. The second-order valence-electron chi connectivity index (χ2n) is 2.11. The molecule has 68 valence electrons. The summed E-state index contributed by atoms with van der Waals surface area (Å²) in [5.74, 6) is 0. The van der Waals surface area contributed by atoms with Crippen LogP contribution >= 0.6 is 27.5 Å². The maximum atomic E-state index is 10.7. The lowest BCUT2D eigenvalue weighted by atomic mass is 10.2. The van der Waals surface area contributed by atoms with Gasteiger partial charge in [-0.15, -0.1) is 0 Å². The predicted molar refractivity (Wildman–Crippen MR) is 54.6 cm³/mol. The van der Waals surface area contributed by atoms with Crippen molar-refractivity contribution >= 4 is 49.9 Å². The zero-order valence-electron chi connectivity index (χ0n) is 6.16. The van der Waals surface area contributed by atoms with Gasteiger partial charge in [0.15, 0.2) is 0 Å². The minimum absolute atomic E-state index is 0.110. The zero-order valence-corrected chi connectivity index (χ0v) is 9.32. The number of carbonyl (C=O) groups excluding carboxylic acids is 1. The van der Waals surface area contributed by atoms with Crippen molar-refractivity contribution in [3.05, 3.63) is 28.2 Å². The van der Waals surface area contributed by atoms with Crippen molar-refractivity contribution in [1.82, 2.24) is 0 Å². The van der Waals surface area contributed by atoms with Gasteiger partial charge in [-0.1, -0.05) is 0 Å². The summed E-state index contributed by atoms with van der Waals surface area (Å²) in [6.07, 6.45) is 0. The second-order valence-corrected chi connectivity index (χ2v) is 3.63. The van der Waals surface area contributed by atoms with E-state index < -0.39 is 5.24 Å². The molecule has 0 saturated carbocycles. The molecule has 0 amide bonds. The van der Waals surface area contributed by atoms with E-state index in [1.165, 1.54) is 12.1 Å². The molecule has 1 aromatic rings. The van der Waals surface area contributed by atoms with Gasteiger partial charge in [0.2, 0.25) is 11.5 Å². The fraction of sp³-hybridized carbons (Fsp3) is 0. The minimum Gasteiger partial charge on any atom is -0.276 e. The zero-order chi connectivity index (χ0) is 9.84. The van der Waals surface area contributed by atoms with Crippen molar-refractivity contribution in [3.63, 3.8) is 0 Å². The van der Waals surface area contributed by atoms with Gasteiger partial charge < -0.3 is 0 Å². The van der Waals surface area contributed by atoms with E-state index in [0.717, 1.165) is 0 Å². The van der Waals surface area contributed by atoms with E-state index in [9.17, 15) is 9.00 Å². The Kier molecular flexibility index (Phi) is 3.77. The van der Waals surface area contributed by atoms with E-state index in [2.05, 4.69) is 20.3 Å². The van der Waals surface area contributed by atoms with Gasteiger partial charge in [0.1, 0.15) is 0 Å². The lowest BCUT2D eigenvalue weighted by Crippen LogP contribution is -1.87. The molecule has 0 atom stereocenters. The molecule has 1 aromatic carbocycles. The first-order valence-corrected chi connectivity index (χ1v) is 5.01. The molecule has 0 spiro atoms. The Labute approximate surface area is 91.5 Å². The molecule has 0 radical (unpaired) electrons. The fourth-order valence-electron chi connectivity index (χ4n) is 0.743. The lowest BCUT2D eigenvalue weighted by Gasteiger charge is -1.97. The first-order chi connectivity index (χ1) is 6.15. The highest BCUT2D eigenvalue weighted by atomic mass is 79.9. The highest BCUT2D eigenvalue weighted by Crippen LogP contribution is 2.26. The minimum atomic E-state index is -0.540. The highest BCUT2D eigenvalue weighted by Gasteiger charge is 2.04. The summed E-state index contributed by atoms with van der Waals surface area (Å²) in [4.78, 5) is 10.7. The molecular formula is C7H3BrClNO2S. The van der Waals surface area contributed by atoms with Crippen molar-refractivity contribution in [2.24, 2.45) is 4.36 Å². The molecule has 0 aliphatic carbocycles. The first kappa shape index (κ1) is 10.6. The van der Waals surface area contributed by atoms with Crippen LogP contribution in [0.4, 0.5) is 5.69 Å². The Morgan fingerprint density at radius 3 is 2.69 bits per heavy atom. The Bertz CT molecular complexity index is 403. The van der Waals surface area contributed by atoms with Crippen LogP contribution in [-0.4, -0.2) is 9.45 Å². The molecule has 1 rings (SSSR count). The average molecular weight is 281 g/mol. The first-order valence-electron chi connectivity index (χ1n) is 3.14. The SMILES string of the molecule is O=S=Nc1ccc(C(=O)Cl)cc1Br. The maximum absolute atomic E-state index is 10.7. The van der Waals surface area contributed by atoms with Gasteiger partial charge in [-0.05, 0) is 45.7 Å². The Hall–Kier alpha value is -0.520. The average Bonchev–Trinajstić information content (AvgIpc) is 2.08. The summed E-state index contributed by atoms with van der Waals surface area (Å²) in [7, 11) is 0. The van der Waals surface area contributed by atoms with E-state index in [4.69, 9.17) is 11.6 Å². The van der Waals surface area contributed by atoms with Crippen LogP contribution in [0.2, 0.25) is 0 Å². The largest absolute Gasteiger partial charge is 0.276 e. The number of benzene rings is 1. The summed E-state index contributed by atoms with van der Waals surface area (Å²) in [5, 5.41) is -0.540. The summed E-state index contributed by atoms with van der Waals surface area (Å²) < 4.78 is 14.2. The Balaban J connectivity index is 3.19. The molecule has 3 nitrogen and oxygen atoms in total. The molecule has 0 saturated heterocycles. The van der Waals surface area contributed by atoms with Gasteiger partial charge in [0.25, 0.3) is 5.24 Å². The number of rotatable bonds is 2. The van der Waals surface area contributed by atoms with Crippen molar-refractivity contribution in [2.45, 2.75) is 0 Å². The fourth-order valence-corrected chi connectivity index (χ4v) is 1.69. The summed E-state index contributed by atoms with van der Waals surface area (Å²) in [6.45, 7) is 0. The molecule has 0 bridgehead atoms. The molecule has 0 aromatic heterocycles. The third-order valence-electron chi connectivity index (χ3n) is 1.31. The monoisotopic (exact) mass is 279 g/mol. The van der Waals surface area contributed by atoms with Crippen LogP contribution in [0.15, 0.2) is 27.0 Å². The van der Waals surface area contributed by atoms with Gasteiger partial charge in [-0.25, -0.2) is 0 Å². The maximum Gasteiger partial charge on any atom is 0.252 e. The summed E-state index contributed by atoms with van der Waals surface area (Å²) in [5.41, 5.74) is 0.852. The van der Waals surface area contributed by atoms with Gasteiger partial charge >= 0.3 is 0 Å². The standard InChI is InChI=1S/C7H3BrClNO2S/c8-5-3-4(7(9)11)1-2-6(5)10-13-12/h1-3H. The summed E-state index contributed by atoms with van der Waals surface area (Å²) in [6, 6.07) is 4.57. The number of halogens is 2. The number of hydrogen-bond acceptors (Lipinski definition) is 3. The smallest absolute Gasteiger partial charge is 0.252 e. The highest BCUT2D eigenvalue weighted by molar-refractivity contribution is 9.10. The summed E-state index contributed by atoms with van der Waals surface area (Å²) >= 11 is 8.52. The quantitative estimate of drug-likeness (QED) is 0.782.